The molecule has 6 aromatic rings. The third-order valence-corrected chi connectivity index (χ3v) is 14.8. The number of hydrogen-bond acceptors (Lipinski definition) is 6. The van der Waals surface area contributed by atoms with Crippen molar-refractivity contribution in [3.8, 4) is 33.9 Å². The van der Waals surface area contributed by atoms with Crippen molar-refractivity contribution in [2.24, 2.45) is 0 Å². The molecule has 8 rings (SSSR count). The molecule has 2 aliphatic rings. The Kier molecular flexibility index (Phi) is 13.2. The standard InChI is InChI=1S/C44H36Cl4F6N4O6S2/c45-25-9-15-37(35(47)21-25)57-41-29-13-11-27(65(59,60)61)17-23(29)19-31(41)39(55-57)33(43(49,50)51)7-5-3-1-2-4-6-8-34(44(52,53)54)40-32-20-24-18-28(66(62,63)64)12-14-30(24)42(32)58(56-40)38-16-10-26(46)22-36(38)48/h9-18,21-22,33-34H,1-8,19-20H2,(H,59,60,61)(H,62,63,64). The summed E-state index contributed by atoms with van der Waals surface area (Å²) in [7, 11) is -9.23. The number of fused-ring (bicyclic) bond motifs is 6. The van der Waals surface area contributed by atoms with Crippen molar-refractivity contribution in [1.29, 1.82) is 0 Å². The van der Waals surface area contributed by atoms with Crippen LogP contribution >= 0.6 is 46.4 Å². The summed E-state index contributed by atoms with van der Waals surface area (Å²) in [5, 5.41) is 9.70. The summed E-state index contributed by atoms with van der Waals surface area (Å²) in [6.45, 7) is 0. The molecule has 10 nitrogen and oxygen atoms in total. The SMILES string of the molecule is O=S(=O)(O)c1ccc2c(c1)Cc1c(C(CCCCCCCCC(c3nn(-c4ccc(Cl)cc4Cl)c4c3Cc3cc(S(=O)(=O)O)ccc3-4)C(F)(F)F)C(F)(F)F)nn(-c3ccc(Cl)cc3Cl)c1-2. The van der Waals surface area contributed by atoms with Gasteiger partial charge < -0.3 is 0 Å². The number of benzene rings is 4. The third kappa shape index (κ3) is 9.62. The molecule has 2 aliphatic carbocycles. The number of rotatable bonds is 15. The van der Waals surface area contributed by atoms with Gasteiger partial charge >= 0.3 is 12.4 Å². The summed E-state index contributed by atoms with van der Waals surface area (Å²) in [5.74, 6) is -4.06. The summed E-state index contributed by atoms with van der Waals surface area (Å²) in [6.07, 6.45) is -8.65. The molecule has 0 fully saturated rings. The molecule has 0 bridgehead atoms. The Morgan fingerprint density at radius 1 is 0.545 bits per heavy atom. The summed E-state index contributed by atoms with van der Waals surface area (Å²) < 4.78 is 159. The number of hydrogen-bond donors (Lipinski definition) is 2. The minimum absolute atomic E-state index is 0.0973. The van der Waals surface area contributed by atoms with Crippen LogP contribution in [0.1, 0.15) is 96.8 Å². The first-order chi connectivity index (χ1) is 30.9. The molecule has 2 heterocycles. The molecule has 0 aliphatic heterocycles. The Bertz CT molecular complexity index is 2910. The Balaban J connectivity index is 0.966. The second-order valence-corrected chi connectivity index (χ2v) is 20.8. The van der Waals surface area contributed by atoms with E-state index in [1.54, 1.807) is 0 Å². The lowest BCUT2D eigenvalue weighted by Gasteiger charge is -2.20. The fourth-order valence-corrected chi connectivity index (χ4v) is 11.0. The number of alkyl halides is 6. The van der Waals surface area contributed by atoms with Crippen LogP contribution in [0.25, 0.3) is 33.9 Å². The van der Waals surface area contributed by atoms with Crippen LogP contribution in [0.2, 0.25) is 20.1 Å². The zero-order valence-corrected chi connectivity index (χ0v) is 38.7. The Morgan fingerprint density at radius 3 is 1.24 bits per heavy atom. The van der Waals surface area contributed by atoms with E-state index < -0.39 is 54.2 Å². The van der Waals surface area contributed by atoms with Crippen molar-refractivity contribution < 1.29 is 52.3 Å². The van der Waals surface area contributed by atoms with Gasteiger partial charge in [-0.05, 0) is 84.6 Å². The largest absolute Gasteiger partial charge is 0.397 e. The van der Waals surface area contributed by atoms with E-state index >= 15 is 0 Å². The Morgan fingerprint density at radius 2 is 0.909 bits per heavy atom. The molecule has 0 amide bonds. The fourth-order valence-electron chi connectivity index (χ4n) is 8.96. The van der Waals surface area contributed by atoms with E-state index in [9.17, 15) is 52.3 Å². The van der Waals surface area contributed by atoms with E-state index in [1.807, 2.05) is 0 Å². The van der Waals surface area contributed by atoms with Crippen molar-refractivity contribution in [2.45, 2.75) is 98.2 Å². The maximum Gasteiger partial charge on any atom is 0.397 e. The first-order valence-electron chi connectivity index (χ1n) is 20.4. The van der Waals surface area contributed by atoms with E-state index in [2.05, 4.69) is 10.2 Å². The highest BCUT2D eigenvalue weighted by atomic mass is 35.5. The van der Waals surface area contributed by atoms with Gasteiger partial charge in [-0.15, -0.1) is 0 Å². The smallest absolute Gasteiger partial charge is 0.282 e. The van der Waals surface area contributed by atoms with Crippen molar-refractivity contribution in [1.82, 2.24) is 19.6 Å². The summed E-state index contributed by atoms with van der Waals surface area (Å²) in [4.78, 5) is -0.829. The van der Waals surface area contributed by atoms with Crippen LogP contribution in [-0.4, -0.2) is 57.9 Å². The normalized spacial score (nSPS) is 14.5. The molecular weight excluding hydrogens is 1000 g/mol. The predicted octanol–water partition coefficient (Wildman–Crippen LogP) is 13.4. The van der Waals surface area contributed by atoms with Gasteiger partial charge in [0.25, 0.3) is 20.2 Å². The zero-order chi connectivity index (χ0) is 47.7. The molecule has 66 heavy (non-hydrogen) atoms. The second kappa shape index (κ2) is 18.1. The van der Waals surface area contributed by atoms with Crippen LogP contribution in [0.4, 0.5) is 26.3 Å². The lowest BCUT2D eigenvalue weighted by atomic mass is 9.92. The lowest BCUT2D eigenvalue weighted by Crippen LogP contribution is -2.23. The quantitative estimate of drug-likeness (QED) is 0.0587. The Hall–Kier alpha value is -4.14. The van der Waals surface area contributed by atoms with Gasteiger partial charge in [-0.3, -0.25) is 9.11 Å². The molecule has 22 heteroatoms. The maximum atomic E-state index is 15.0. The van der Waals surface area contributed by atoms with Gasteiger partial charge in [0.05, 0.1) is 65.8 Å². The molecule has 0 saturated carbocycles. The molecule has 0 saturated heterocycles. The van der Waals surface area contributed by atoms with Gasteiger partial charge in [-0.2, -0.15) is 53.4 Å². The molecule has 2 N–H and O–H groups in total. The van der Waals surface area contributed by atoms with E-state index in [4.69, 9.17) is 46.4 Å². The number of halogens is 10. The minimum Gasteiger partial charge on any atom is -0.282 e. The summed E-state index contributed by atoms with van der Waals surface area (Å²) >= 11 is 25.2. The average Bonchev–Trinajstić information content (AvgIpc) is 3.96. The van der Waals surface area contributed by atoms with Gasteiger partial charge in [-0.1, -0.05) is 97.1 Å². The van der Waals surface area contributed by atoms with Gasteiger partial charge in [0.2, 0.25) is 0 Å². The molecule has 0 spiro atoms. The van der Waals surface area contributed by atoms with Crippen molar-refractivity contribution in [3.63, 3.8) is 0 Å². The van der Waals surface area contributed by atoms with Crippen molar-refractivity contribution in [2.75, 3.05) is 0 Å². The molecular formula is C44H36Cl4F6N4O6S2. The molecule has 2 unspecified atom stereocenters. The second-order valence-electron chi connectivity index (χ2n) is 16.3. The summed E-state index contributed by atoms with van der Waals surface area (Å²) in [6, 6.07) is 16.4. The number of unbranched alkanes of at least 4 members (excludes halogenated alkanes) is 5. The predicted molar refractivity (Wildman–Crippen MR) is 238 cm³/mol. The van der Waals surface area contributed by atoms with Gasteiger partial charge in [0.1, 0.15) is 0 Å². The fraction of sp³-hybridized carbons (Fsp3) is 0.318. The van der Waals surface area contributed by atoms with Gasteiger partial charge in [-0.25, -0.2) is 9.36 Å². The van der Waals surface area contributed by atoms with E-state index in [0.717, 1.165) is 12.1 Å². The van der Waals surface area contributed by atoms with Crippen LogP contribution in [0.5, 0.6) is 0 Å². The first kappa shape index (κ1) is 48.3. The number of nitrogens with zero attached hydrogens (tertiary/aromatic N) is 4. The average molecular weight is 1040 g/mol. The van der Waals surface area contributed by atoms with Crippen molar-refractivity contribution >= 4 is 66.6 Å². The number of aromatic nitrogens is 4. The van der Waals surface area contributed by atoms with Gasteiger partial charge in [0.15, 0.2) is 0 Å². The van der Waals surface area contributed by atoms with Gasteiger partial charge in [0, 0.05) is 45.1 Å². The van der Waals surface area contributed by atoms with Crippen molar-refractivity contribution in [3.05, 3.63) is 127 Å². The lowest BCUT2D eigenvalue weighted by molar-refractivity contribution is -0.154. The molecule has 0 radical (unpaired) electrons. The maximum absolute atomic E-state index is 15.0. The van der Waals surface area contributed by atoms with Crippen LogP contribution < -0.4 is 0 Å². The monoisotopic (exact) mass is 1030 g/mol. The van der Waals surface area contributed by atoms with E-state index in [-0.39, 0.29) is 92.5 Å². The van der Waals surface area contributed by atoms with E-state index in [0.29, 0.717) is 59.3 Å². The highest BCUT2D eigenvalue weighted by Crippen LogP contribution is 2.50. The van der Waals surface area contributed by atoms with E-state index in [1.165, 1.54) is 70.0 Å². The highest BCUT2D eigenvalue weighted by Gasteiger charge is 2.47. The Labute approximate surface area is 394 Å². The highest BCUT2D eigenvalue weighted by molar-refractivity contribution is 7.86. The topological polar surface area (TPSA) is 144 Å². The van der Waals surface area contributed by atoms with Crippen LogP contribution in [0.3, 0.4) is 0 Å². The third-order valence-electron chi connectivity index (χ3n) is 12.0. The first-order valence-corrected chi connectivity index (χ1v) is 24.8. The molecule has 4 aromatic carbocycles. The zero-order valence-electron chi connectivity index (χ0n) is 34.1. The molecule has 350 valence electrons. The van der Waals surface area contributed by atoms with Crippen LogP contribution in [0, 0.1) is 0 Å². The summed E-state index contributed by atoms with van der Waals surface area (Å²) in [5.41, 5.74) is 2.56. The minimum atomic E-state index is -4.75. The molecule has 2 aromatic heterocycles. The van der Waals surface area contributed by atoms with Crippen LogP contribution in [0.15, 0.2) is 82.6 Å². The molecule has 2 atom stereocenters. The van der Waals surface area contributed by atoms with Crippen LogP contribution in [-0.2, 0) is 33.1 Å².